The average molecular weight is 2310 g/mol. The fourth-order valence-corrected chi connectivity index (χ4v) is 24.0. The summed E-state index contributed by atoms with van der Waals surface area (Å²) in [5, 5.41) is 5.80. The molecule has 9 fully saturated rings. The molecule has 4 atom stereocenters. The molecular formula is C102H139BrCl7N27O11S2. The number of likely N-dealkylation sites (tertiary alicyclic amines) is 4. The normalized spacial score (nSPS) is 20.3. The zero-order valence-corrected chi connectivity index (χ0v) is 94.3. The summed E-state index contributed by atoms with van der Waals surface area (Å²) in [5.74, 6) is 1.22. The van der Waals surface area contributed by atoms with Crippen LogP contribution in [0, 0.1) is 0 Å². The number of nitrogens with two attached hydrogens (primary N) is 6. The number of sulfone groups is 2. The number of ether oxygens (including phenoxy) is 2. The number of hydrogen-bond donors (Lipinski definition) is 7. The van der Waals surface area contributed by atoms with Gasteiger partial charge in [-0.05, 0) is 228 Å². The summed E-state index contributed by atoms with van der Waals surface area (Å²) in [6, 6.07) is 28.2. The van der Waals surface area contributed by atoms with Crippen molar-refractivity contribution in [1.29, 1.82) is 0 Å². The van der Waals surface area contributed by atoms with Crippen molar-refractivity contribution in [2.75, 3.05) is 199 Å². The average Bonchev–Trinajstić information content (AvgIpc) is 0.893. The maximum Gasteiger partial charge on any atom is 0.274 e. The van der Waals surface area contributed by atoms with Crippen LogP contribution in [0.4, 0.5) is 34.9 Å². The maximum absolute atomic E-state index is 12.8. The minimum atomic E-state index is -3.10. The number of carbonyl (C=O) groups is 5. The molecule has 1 aliphatic carbocycles. The molecule has 8 aliphatic heterocycles. The molecule has 0 radical (unpaired) electrons. The van der Waals surface area contributed by atoms with Crippen molar-refractivity contribution in [1.82, 2.24) is 84.4 Å². The van der Waals surface area contributed by atoms with E-state index < -0.39 is 37.4 Å². The third kappa shape index (κ3) is 31.7. The SMILES string of the molecule is CC[C@H]1CN(c2nc(N)c(C(=O)NC3CC3)nc2Cl)CCN1C1CCN(Cc2ccc(Cl)cc2CN)CC1.CC[C@H]1CN(c2nc(N)c(C(N)=O)nc2Cl)CCN1C1CCN(Cc2ccc(Cl)c(OCCS(C)(=O)=O)c2)CC1.CC[C@H]1CN(c2ncc(C(N)=O)nc2Br)CCN1C1CCN(C(=O)c2ccc(Cl)cc2)CC1.CC[C@H]1CN(c2ncc(C(N)=O)nc2Cl)CCN1C1CCN(Cc2ccc(Cl)c(OCCS(C)(=O)=O)c2)CC1. The van der Waals surface area contributed by atoms with Gasteiger partial charge >= 0.3 is 0 Å². The number of primary amides is 3. The number of piperidine rings is 4. The first-order valence-electron chi connectivity index (χ1n) is 51.5. The van der Waals surface area contributed by atoms with E-state index >= 15 is 0 Å². The van der Waals surface area contributed by atoms with E-state index in [1.807, 2.05) is 47.4 Å². The van der Waals surface area contributed by atoms with Gasteiger partial charge in [0.25, 0.3) is 29.5 Å². The van der Waals surface area contributed by atoms with Gasteiger partial charge in [-0.1, -0.05) is 127 Å². The molecule has 8 aromatic rings. The second-order valence-corrected chi connectivity index (χ2v) is 47.9. The van der Waals surface area contributed by atoms with Crippen LogP contribution >= 0.6 is 97.1 Å². The molecule has 4 aromatic heterocycles. The van der Waals surface area contributed by atoms with Crippen molar-refractivity contribution in [2.45, 2.75) is 198 Å². The minimum absolute atomic E-state index is 0.0111. The number of rotatable bonds is 33. The standard InChI is InChI=1S/C27H38Cl2N8O.C26H37Cl2N7O4S.C26H36Cl2N6O4S.C23H28BrClN6O2/c1-2-21-16-36(26-24(29)33-23(25(31)34-26)27(38)32-20-5-6-20)11-12-37(21)22-7-9-35(10-8-22)15-17-3-4-19(28)13-18(17)14-30;1-3-18-16-34(26-23(28)31-22(25(30)36)24(29)32-26)10-11-35(18)19-6-8-33(9-7-19)15-17-4-5-20(27)21(14-17)39-12-13-40(2,37)38;1-3-19-17-33(26-24(28)31-22(15-30-26)25(29)35)10-11-34(19)20-6-8-32(9-7-20)16-18-4-5-21(27)23(14-18)38-12-13-39(2,36)37;1-2-17-14-30(22-20(24)28-19(13-27-22)21(26)32)11-12-31(17)18-7-9-29(10-8-18)23(33)15-3-5-16(25)6-4-15/h3-4,13,20-22H,2,5-12,14-16,30H2,1H3,(H2,31,34)(H,32,38);4-5,14,18-19H,3,6-13,15-16H2,1-2H3,(H2,29,32)(H2,30,36);4-5,14-15,19-20H,3,6-13,16-17H2,1-2H3,(H2,29,35);3-6,13,17-18H,2,7-12,14H2,1H3,(H2,26,32)/t21-;18-;19-;17-/m0000/s1. The molecule has 9 aliphatic rings. The van der Waals surface area contributed by atoms with E-state index in [1.54, 1.807) is 30.3 Å². The third-order valence-electron chi connectivity index (χ3n) is 29.6. The van der Waals surface area contributed by atoms with Crippen molar-refractivity contribution in [3.63, 3.8) is 0 Å². The molecule has 12 heterocycles. The Hall–Kier alpha value is -8.96. The largest absolute Gasteiger partial charge is 0.491 e. The Bertz CT molecular complexity index is 6240. The van der Waals surface area contributed by atoms with Crippen molar-refractivity contribution >= 4 is 181 Å². The number of anilines is 6. The van der Waals surface area contributed by atoms with Crippen LogP contribution in [0.15, 0.2) is 95.9 Å². The van der Waals surface area contributed by atoms with Crippen LogP contribution in [0.5, 0.6) is 11.5 Å². The van der Waals surface area contributed by atoms with Gasteiger partial charge in [-0.25, -0.2) is 56.7 Å². The molecule has 1 saturated carbocycles. The molecule has 38 nitrogen and oxygen atoms in total. The first-order valence-corrected chi connectivity index (χ1v) is 59.1. The predicted octanol–water partition coefficient (Wildman–Crippen LogP) is 11.8. The van der Waals surface area contributed by atoms with Crippen LogP contribution in [0.25, 0.3) is 0 Å². The van der Waals surface area contributed by atoms with Crippen molar-refractivity contribution in [3.05, 3.63) is 182 Å². The fraction of sp³-hybridized carbons (Fsp3) is 0.559. The summed E-state index contributed by atoms with van der Waals surface area (Å²) in [4.78, 5) is 122. The number of amides is 5. The van der Waals surface area contributed by atoms with E-state index in [0.717, 1.165) is 268 Å². The van der Waals surface area contributed by atoms with Gasteiger partial charge in [0.1, 0.15) is 40.7 Å². The number of nitrogens with one attached hydrogen (secondary N) is 1. The zero-order chi connectivity index (χ0) is 108. The second kappa shape index (κ2) is 53.9. The zero-order valence-electron chi connectivity index (χ0n) is 85.8. The number of hydrogen-bond acceptors (Lipinski definition) is 33. The summed E-state index contributed by atoms with van der Waals surface area (Å²) >= 11 is 47.3. The van der Waals surface area contributed by atoms with Gasteiger partial charge in [-0.2, -0.15) is 0 Å². The fourth-order valence-electron chi connectivity index (χ4n) is 21.3. The van der Waals surface area contributed by atoms with Crippen LogP contribution in [0.3, 0.4) is 0 Å². The monoisotopic (exact) mass is 2310 g/mol. The first-order chi connectivity index (χ1) is 71.7. The Kier molecular flexibility index (Phi) is 41.9. The van der Waals surface area contributed by atoms with Gasteiger partial charge in [-0.15, -0.1) is 0 Å². The number of aromatic nitrogens is 8. The molecule has 816 valence electrons. The molecule has 150 heavy (non-hydrogen) atoms. The molecule has 8 saturated heterocycles. The predicted molar refractivity (Wildman–Crippen MR) is 596 cm³/mol. The highest BCUT2D eigenvalue weighted by Crippen LogP contribution is 2.39. The van der Waals surface area contributed by atoms with Crippen LogP contribution in [0.1, 0.15) is 192 Å². The number of piperazine rings is 4. The summed E-state index contributed by atoms with van der Waals surface area (Å²) in [6.07, 6.45) is 19.7. The topological polar surface area (TPSA) is 482 Å². The van der Waals surface area contributed by atoms with Crippen molar-refractivity contribution in [3.8, 4) is 11.5 Å². The van der Waals surface area contributed by atoms with E-state index in [0.29, 0.717) is 109 Å². The summed E-state index contributed by atoms with van der Waals surface area (Å²) in [5.41, 5.74) is 39.4. The van der Waals surface area contributed by atoms with E-state index in [2.05, 4.69) is 149 Å². The van der Waals surface area contributed by atoms with Gasteiger partial charge in [0.2, 0.25) is 0 Å². The second-order valence-electron chi connectivity index (χ2n) is 39.9. The molecule has 5 amide bonds. The first kappa shape index (κ1) is 117. The van der Waals surface area contributed by atoms with Crippen molar-refractivity contribution < 1.29 is 50.3 Å². The lowest BCUT2D eigenvalue weighted by Crippen LogP contribution is -2.58. The highest BCUT2D eigenvalue weighted by molar-refractivity contribution is 9.10. The third-order valence-corrected chi connectivity index (χ3v) is 33.8. The lowest BCUT2D eigenvalue weighted by molar-refractivity contribution is 0.0490. The van der Waals surface area contributed by atoms with Gasteiger partial charge in [0.05, 0.1) is 33.9 Å². The highest BCUT2D eigenvalue weighted by Gasteiger charge is 2.42. The van der Waals surface area contributed by atoms with Crippen molar-refractivity contribution in [2.24, 2.45) is 22.9 Å². The van der Waals surface area contributed by atoms with Crippen LogP contribution in [-0.4, -0.2) is 348 Å². The van der Waals surface area contributed by atoms with E-state index in [9.17, 15) is 40.8 Å². The molecule has 0 spiro atoms. The van der Waals surface area contributed by atoms with Gasteiger partial charge < -0.3 is 73.7 Å². The van der Waals surface area contributed by atoms with E-state index in [4.69, 9.17) is 125 Å². The Morgan fingerprint density at radius 3 is 1.19 bits per heavy atom. The molecule has 48 heteroatoms. The van der Waals surface area contributed by atoms with Crippen LogP contribution in [0.2, 0.25) is 35.5 Å². The molecule has 0 bridgehead atoms. The van der Waals surface area contributed by atoms with Crippen LogP contribution in [-0.2, 0) is 45.9 Å². The summed E-state index contributed by atoms with van der Waals surface area (Å²) < 4.78 is 57.4. The molecule has 4 aromatic carbocycles. The lowest BCUT2D eigenvalue weighted by Gasteiger charge is -2.47. The minimum Gasteiger partial charge on any atom is -0.491 e. The number of halogens is 8. The Labute approximate surface area is 922 Å². The summed E-state index contributed by atoms with van der Waals surface area (Å²) in [7, 11) is -6.20. The van der Waals surface area contributed by atoms with E-state index in [1.165, 1.54) is 30.5 Å². The highest BCUT2D eigenvalue weighted by atomic mass is 79.9. The van der Waals surface area contributed by atoms with Gasteiger partial charge in [0.15, 0.2) is 81.4 Å². The van der Waals surface area contributed by atoms with Gasteiger partial charge in [0, 0.05) is 200 Å². The number of benzene rings is 4. The Balaban J connectivity index is 0.000000158. The Morgan fingerprint density at radius 2 is 0.800 bits per heavy atom. The van der Waals surface area contributed by atoms with Crippen LogP contribution < -0.4 is 68.8 Å². The molecule has 0 unspecified atom stereocenters. The smallest absolute Gasteiger partial charge is 0.274 e. The molecule has 13 N–H and O–H groups in total. The maximum atomic E-state index is 12.8. The number of nitrogen functional groups attached to an aromatic ring is 2. The molecular weight excluding hydrogens is 2170 g/mol. The van der Waals surface area contributed by atoms with E-state index in [-0.39, 0.29) is 92.4 Å². The summed E-state index contributed by atoms with van der Waals surface area (Å²) in [6.45, 7) is 29.5. The Morgan fingerprint density at radius 1 is 0.420 bits per heavy atom. The molecule has 17 rings (SSSR count). The van der Waals surface area contributed by atoms with Gasteiger partial charge in [-0.3, -0.25) is 58.3 Å². The lowest BCUT2D eigenvalue weighted by atomic mass is 9.97. The quantitative estimate of drug-likeness (QED) is 0.0201. The number of carbonyl (C=O) groups excluding carboxylic acids is 5. The number of nitrogens with zero attached hydrogens (tertiary/aromatic N) is 20.